The third-order valence-electron chi connectivity index (χ3n) is 4.67. The van der Waals surface area contributed by atoms with Crippen molar-refractivity contribution in [2.75, 3.05) is 7.11 Å². The van der Waals surface area contributed by atoms with E-state index in [1.807, 2.05) is 30.3 Å². The Kier molecular flexibility index (Phi) is 4.57. The van der Waals surface area contributed by atoms with Crippen LogP contribution < -0.4 is 15.1 Å². The molecule has 0 fully saturated rings. The van der Waals surface area contributed by atoms with Gasteiger partial charge in [0, 0.05) is 22.6 Å². The molecule has 0 aliphatic carbocycles. The summed E-state index contributed by atoms with van der Waals surface area (Å²) in [5, 5.41) is 2.88. The van der Waals surface area contributed by atoms with Crippen molar-refractivity contribution < 1.29 is 18.7 Å². The highest BCUT2D eigenvalue weighted by molar-refractivity contribution is 6.07. The second-order valence-electron chi connectivity index (χ2n) is 6.46. The maximum Gasteiger partial charge on any atom is 0.336 e. The molecule has 3 aromatic carbocycles. The smallest absolute Gasteiger partial charge is 0.336 e. The van der Waals surface area contributed by atoms with E-state index in [1.54, 1.807) is 24.3 Å². The molecule has 0 amide bonds. The Balaban J connectivity index is 1.77. The predicted octanol–water partition coefficient (Wildman–Crippen LogP) is 4.74. The van der Waals surface area contributed by atoms with E-state index in [-0.39, 0.29) is 12.4 Å². The van der Waals surface area contributed by atoms with Crippen LogP contribution in [0.1, 0.15) is 22.8 Å². The van der Waals surface area contributed by atoms with Crippen LogP contribution in [-0.4, -0.2) is 12.9 Å². The van der Waals surface area contributed by atoms with Crippen molar-refractivity contribution in [2.24, 2.45) is 0 Å². The van der Waals surface area contributed by atoms with Crippen LogP contribution in [0.25, 0.3) is 21.7 Å². The van der Waals surface area contributed by atoms with Gasteiger partial charge in [0.25, 0.3) is 0 Å². The largest absolute Gasteiger partial charge is 0.493 e. The van der Waals surface area contributed by atoms with E-state index in [4.69, 9.17) is 13.9 Å². The molecular formula is C23H18O5. The van der Waals surface area contributed by atoms with Gasteiger partial charge in [-0.1, -0.05) is 30.3 Å². The highest BCUT2D eigenvalue weighted by Crippen LogP contribution is 2.31. The van der Waals surface area contributed by atoms with Gasteiger partial charge in [-0.2, -0.15) is 0 Å². The van der Waals surface area contributed by atoms with Gasteiger partial charge >= 0.3 is 5.63 Å². The van der Waals surface area contributed by atoms with Gasteiger partial charge < -0.3 is 13.9 Å². The zero-order valence-corrected chi connectivity index (χ0v) is 15.5. The van der Waals surface area contributed by atoms with Crippen LogP contribution in [-0.2, 0) is 6.61 Å². The van der Waals surface area contributed by atoms with Gasteiger partial charge in [0.2, 0.25) is 0 Å². The Morgan fingerprint density at radius 1 is 1.00 bits per heavy atom. The summed E-state index contributed by atoms with van der Waals surface area (Å²) in [6.45, 7) is 1.65. The topological polar surface area (TPSA) is 65.7 Å². The molecule has 5 heteroatoms. The Labute approximate surface area is 161 Å². The van der Waals surface area contributed by atoms with Crippen molar-refractivity contribution in [1.29, 1.82) is 0 Å². The first-order valence-corrected chi connectivity index (χ1v) is 8.83. The maximum atomic E-state index is 12.0. The fourth-order valence-electron chi connectivity index (χ4n) is 3.30. The summed E-state index contributed by atoms with van der Waals surface area (Å²) in [5.41, 5.74) is 1.35. The standard InChI is InChI=1S/C23H18O5/c1-14(24)16-8-9-19(21(11-16)26-2)27-13-17-12-22(25)28-20-10-7-15-5-3-4-6-18(15)23(17)20/h3-12H,13H2,1-2H3. The molecule has 0 bridgehead atoms. The average molecular weight is 374 g/mol. The lowest BCUT2D eigenvalue weighted by atomic mass is 10.0. The minimum absolute atomic E-state index is 0.0528. The SMILES string of the molecule is COc1cc(C(C)=O)ccc1OCc1cc(=O)oc2ccc3ccccc3c12. The normalized spacial score (nSPS) is 10.9. The van der Waals surface area contributed by atoms with Gasteiger partial charge in [-0.05, 0) is 42.0 Å². The van der Waals surface area contributed by atoms with Crippen LogP contribution in [0.2, 0.25) is 0 Å². The number of Topliss-reactive ketones (excluding diaryl/α,β-unsaturated/α-hetero) is 1. The monoisotopic (exact) mass is 374 g/mol. The van der Waals surface area contributed by atoms with E-state index in [0.29, 0.717) is 22.6 Å². The van der Waals surface area contributed by atoms with Crippen molar-refractivity contribution >= 4 is 27.5 Å². The number of hydrogen-bond acceptors (Lipinski definition) is 5. The highest BCUT2D eigenvalue weighted by Gasteiger charge is 2.13. The number of benzene rings is 3. The number of rotatable bonds is 5. The molecule has 140 valence electrons. The Morgan fingerprint density at radius 2 is 1.82 bits per heavy atom. The predicted molar refractivity (Wildman–Crippen MR) is 107 cm³/mol. The summed E-state index contributed by atoms with van der Waals surface area (Å²) in [7, 11) is 1.52. The molecule has 5 nitrogen and oxygen atoms in total. The average Bonchev–Trinajstić information content (AvgIpc) is 2.71. The Bertz CT molecular complexity index is 1250. The number of carbonyl (C=O) groups is 1. The van der Waals surface area contributed by atoms with Crippen LogP contribution in [0, 0.1) is 0 Å². The third kappa shape index (κ3) is 3.22. The molecule has 0 atom stereocenters. The number of fused-ring (bicyclic) bond motifs is 3. The fourth-order valence-corrected chi connectivity index (χ4v) is 3.30. The molecule has 0 unspecified atom stereocenters. The summed E-state index contributed by atoms with van der Waals surface area (Å²) in [4.78, 5) is 23.6. The summed E-state index contributed by atoms with van der Waals surface area (Å²) < 4.78 is 16.7. The first-order valence-electron chi connectivity index (χ1n) is 8.83. The minimum Gasteiger partial charge on any atom is -0.493 e. The molecule has 0 radical (unpaired) electrons. The molecule has 4 rings (SSSR count). The van der Waals surface area contributed by atoms with Crippen LogP contribution >= 0.6 is 0 Å². The third-order valence-corrected chi connectivity index (χ3v) is 4.67. The van der Waals surface area contributed by atoms with Crippen LogP contribution in [0.5, 0.6) is 11.5 Å². The second kappa shape index (κ2) is 7.19. The van der Waals surface area contributed by atoms with Crippen molar-refractivity contribution in [3.05, 3.63) is 82.2 Å². The van der Waals surface area contributed by atoms with Gasteiger partial charge in [0.15, 0.2) is 17.3 Å². The van der Waals surface area contributed by atoms with Crippen LogP contribution in [0.15, 0.2) is 69.9 Å². The Morgan fingerprint density at radius 3 is 2.61 bits per heavy atom. The molecule has 4 aromatic rings. The minimum atomic E-state index is -0.430. The lowest BCUT2D eigenvalue weighted by molar-refractivity contribution is 0.101. The summed E-state index contributed by atoms with van der Waals surface area (Å²) in [6.07, 6.45) is 0. The quantitative estimate of drug-likeness (QED) is 0.287. The molecule has 0 aliphatic rings. The fraction of sp³-hybridized carbons (Fsp3) is 0.130. The van der Waals surface area contributed by atoms with Gasteiger partial charge in [-0.3, -0.25) is 4.79 Å². The molecule has 0 N–H and O–H groups in total. The molecule has 28 heavy (non-hydrogen) atoms. The van der Waals surface area contributed by atoms with Crippen LogP contribution in [0.4, 0.5) is 0 Å². The zero-order chi connectivity index (χ0) is 19.7. The van der Waals surface area contributed by atoms with Crippen LogP contribution in [0.3, 0.4) is 0 Å². The van der Waals surface area contributed by atoms with E-state index in [1.165, 1.54) is 20.1 Å². The molecule has 1 aromatic heterocycles. The molecule has 0 spiro atoms. The molecule has 1 heterocycles. The zero-order valence-electron chi connectivity index (χ0n) is 15.5. The van der Waals surface area contributed by atoms with E-state index in [0.717, 1.165) is 21.7 Å². The van der Waals surface area contributed by atoms with Gasteiger partial charge in [0.05, 0.1) is 7.11 Å². The second-order valence-corrected chi connectivity index (χ2v) is 6.46. The summed E-state index contributed by atoms with van der Waals surface area (Å²) in [5.74, 6) is 0.905. The van der Waals surface area contributed by atoms with Gasteiger partial charge in [0.1, 0.15) is 12.2 Å². The number of carbonyl (C=O) groups excluding carboxylic acids is 1. The maximum absolute atomic E-state index is 12.0. The Hall–Kier alpha value is -3.60. The van der Waals surface area contributed by atoms with Crippen molar-refractivity contribution in [3.63, 3.8) is 0 Å². The van der Waals surface area contributed by atoms with E-state index in [9.17, 15) is 9.59 Å². The van der Waals surface area contributed by atoms with Crippen molar-refractivity contribution in [3.8, 4) is 11.5 Å². The number of ether oxygens (including phenoxy) is 2. The summed E-state index contributed by atoms with van der Waals surface area (Å²) >= 11 is 0. The molecular weight excluding hydrogens is 356 g/mol. The van der Waals surface area contributed by atoms with Crippen molar-refractivity contribution in [2.45, 2.75) is 13.5 Å². The van der Waals surface area contributed by atoms with E-state index in [2.05, 4.69) is 0 Å². The number of ketones is 1. The molecule has 0 saturated carbocycles. The number of methoxy groups -OCH3 is 1. The van der Waals surface area contributed by atoms with Gasteiger partial charge in [-0.25, -0.2) is 4.79 Å². The lowest BCUT2D eigenvalue weighted by Gasteiger charge is -2.13. The summed E-state index contributed by atoms with van der Waals surface area (Å²) in [6, 6.07) is 18.1. The van der Waals surface area contributed by atoms with Crippen molar-refractivity contribution in [1.82, 2.24) is 0 Å². The first-order chi connectivity index (χ1) is 13.6. The highest BCUT2D eigenvalue weighted by atomic mass is 16.5. The lowest BCUT2D eigenvalue weighted by Crippen LogP contribution is -2.05. The van der Waals surface area contributed by atoms with E-state index < -0.39 is 5.63 Å². The molecule has 0 aliphatic heterocycles. The number of hydrogen-bond donors (Lipinski definition) is 0. The van der Waals surface area contributed by atoms with E-state index >= 15 is 0 Å². The molecule has 0 saturated heterocycles. The van der Waals surface area contributed by atoms with Gasteiger partial charge in [-0.15, -0.1) is 0 Å². The first kappa shape index (κ1) is 17.8.